The Balaban J connectivity index is 2.40. The van der Waals surface area contributed by atoms with E-state index >= 15 is 0 Å². The number of sulfonamides is 1. The van der Waals surface area contributed by atoms with Gasteiger partial charge in [0.1, 0.15) is 6.04 Å². The molecule has 0 aliphatic rings. The summed E-state index contributed by atoms with van der Waals surface area (Å²) in [4.78, 5) is 12.9. The van der Waals surface area contributed by atoms with Gasteiger partial charge in [0.2, 0.25) is 15.9 Å². The van der Waals surface area contributed by atoms with Crippen LogP contribution >= 0.6 is 15.9 Å². The number of aryl methyl sites for hydroxylation is 3. The molecule has 2 rings (SSSR count). The summed E-state index contributed by atoms with van der Waals surface area (Å²) in [5, 5.41) is 2.84. The van der Waals surface area contributed by atoms with Crippen LogP contribution in [-0.2, 0) is 14.8 Å². The molecule has 0 fully saturated rings. The molecule has 0 unspecified atom stereocenters. The fourth-order valence-corrected chi connectivity index (χ4v) is 4.32. The lowest BCUT2D eigenvalue weighted by Gasteiger charge is -2.30. The largest absolute Gasteiger partial charge is 0.324 e. The molecule has 2 aromatic carbocycles. The number of halogens is 1. The minimum absolute atomic E-state index is 0.349. The van der Waals surface area contributed by atoms with Crippen molar-refractivity contribution in [3.05, 3.63) is 57.6 Å². The molecule has 146 valence electrons. The molecule has 0 saturated carbocycles. The summed E-state index contributed by atoms with van der Waals surface area (Å²) in [6, 6.07) is 10.0. The summed E-state index contributed by atoms with van der Waals surface area (Å²) < 4.78 is 27.2. The number of amides is 1. The summed E-state index contributed by atoms with van der Waals surface area (Å²) in [6.07, 6.45) is 1.48. The standard InChI is InChI=1S/C20H25BrN2O3S/c1-6-19(20(24)22-16-8-10-18(21)15(4)11-16)23(27(5,25)26)17-9-7-13(2)14(3)12-17/h7-12,19H,6H2,1-5H3,(H,22,24)/t19-/m1/s1. The number of carbonyl (C=O) groups is 1. The second kappa shape index (κ2) is 8.44. The molecule has 0 heterocycles. The zero-order valence-corrected chi connectivity index (χ0v) is 18.6. The van der Waals surface area contributed by atoms with Gasteiger partial charge in [-0.3, -0.25) is 9.10 Å². The molecule has 7 heteroatoms. The second-order valence-electron chi connectivity index (χ2n) is 6.70. The van der Waals surface area contributed by atoms with Crippen molar-refractivity contribution in [2.45, 2.75) is 40.2 Å². The Morgan fingerprint density at radius 1 is 1.07 bits per heavy atom. The van der Waals surface area contributed by atoms with E-state index in [1.165, 1.54) is 4.31 Å². The summed E-state index contributed by atoms with van der Waals surface area (Å²) >= 11 is 3.43. The number of hydrogen-bond donors (Lipinski definition) is 1. The smallest absolute Gasteiger partial charge is 0.248 e. The number of nitrogens with one attached hydrogen (secondary N) is 1. The first kappa shape index (κ1) is 21.4. The van der Waals surface area contributed by atoms with Crippen LogP contribution in [0.5, 0.6) is 0 Å². The van der Waals surface area contributed by atoms with Gasteiger partial charge in [-0.1, -0.05) is 28.9 Å². The maximum atomic E-state index is 12.9. The molecule has 5 nitrogen and oxygen atoms in total. The van der Waals surface area contributed by atoms with Crippen molar-refractivity contribution in [2.75, 3.05) is 15.9 Å². The van der Waals surface area contributed by atoms with Gasteiger partial charge in [-0.05, 0) is 74.2 Å². The molecule has 0 saturated heterocycles. The summed E-state index contributed by atoms with van der Waals surface area (Å²) in [7, 11) is -3.65. The Morgan fingerprint density at radius 2 is 1.74 bits per heavy atom. The third-order valence-corrected chi connectivity index (χ3v) is 6.57. The highest BCUT2D eigenvalue weighted by Crippen LogP contribution is 2.26. The lowest BCUT2D eigenvalue weighted by molar-refractivity contribution is -0.117. The first-order valence-corrected chi connectivity index (χ1v) is 11.3. The van der Waals surface area contributed by atoms with E-state index < -0.39 is 16.1 Å². The maximum absolute atomic E-state index is 12.9. The number of nitrogens with zero attached hydrogens (tertiary/aromatic N) is 1. The van der Waals surface area contributed by atoms with Crippen LogP contribution < -0.4 is 9.62 Å². The van der Waals surface area contributed by atoms with Crippen molar-refractivity contribution in [3.63, 3.8) is 0 Å². The molecular weight excluding hydrogens is 428 g/mol. The molecule has 27 heavy (non-hydrogen) atoms. The Bertz CT molecular complexity index is 958. The Morgan fingerprint density at radius 3 is 2.26 bits per heavy atom. The molecule has 0 aromatic heterocycles. The predicted octanol–water partition coefficient (Wildman–Crippen LogP) is 4.56. The van der Waals surface area contributed by atoms with Gasteiger partial charge in [-0.2, -0.15) is 0 Å². The van der Waals surface area contributed by atoms with Gasteiger partial charge in [0.05, 0.1) is 11.9 Å². The third kappa shape index (κ3) is 5.11. The van der Waals surface area contributed by atoms with E-state index in [0.29, 0.717) is 17.8 Å². The van der Waals surface area contributed by atoms with Crippen LogP contribution in [0.15, 0.2) is 40.9 Å². The fraction of sp³-hybridized carbons (Fsp3) is 0.350. The lowest BCUT2D eigenvalue weighted by atomic mass is 10.1. The molecule has 1 amide bonds. The monoisotopic (exact) mass is 452 g/mol. The molecule has 0 bridgehead atoms. The summed E-state index contributed by atoms with van der Waals surface area (Å²) in [6.45, 7) is 7.61. The van der Waals surface area contributed by atoms with Crippen molar-refractivity contribution >= 4 is 43.2 Å². The van der Waals surface area contributed by atoms with Crippen molar-refractivity contribution < 1.29 is 13.2 Å². The quantitative estimate of drug-likeness (QED) is 0.698. The first-order valence-electron chi connectivity index (χ1n) is 8.68. The van der Waals surface area contributed by atoms with Gasteiger partial charge in [-0.15, -0.1) is 0 Å². The van der Waals surface area contributed by atoms with Gasteiger partial charge < -0.3 is 5.32 Å². The number of carbonyl (C=O) groups excluding carboxylic acids is 1. The molecule has 0 spiro atoms. The van der Waals surface area contributed by atoms with Crippen LogP contribution in [0, 0.1) is 20.8 Å². The Labute approximate surface area is 170 Å². The Hall–Kier alpha value is -1.86. The molecular formula is C20H25BrN2O3S. The van der Waals surface area contributed by atoms with E-state index in [4.69, 9.17) is 0 Å². The number of hydrogen-bond acceptors (Lipinski definition) is 3. The SMILES string of the molecule is CC[C@H](C(=O)Nc1ccc(Br)c(C)c1)N(c1ccc(C)c(C)c1)S(C)(=O)=O. The predicted molar refractivity (Wildman–Crippen MR) is 115 cm³/mol. The lowest BCUT2D eigenvalue weighted by Crippen LogP contribution is -2.47. The second-order valence-corrected chi connectivity index (χ2v) is 9.42. The minimum atomic E-state index is -3.65. The van der Waals surface area contributed by atoms with Crippen LogP contribution in [0.3, 0.4) is 0 Å². The molecule has 0 aliphatic carbocycles. The number of anilines is 2. The first-order chi connectivity index (χ1) is 12.5. The van der Waals surface area contributed by atoms with Gasteiger partial charge in [0.25, 0.3) is 0 Å². The van der Waals surface area contributed by atoms with Gasteiger partial charge in [0.15, 0.2) is 0 Å². The van der Waals surface area contributed by atoms with Crippen molar-refractivity contribution in [2.24, 2.45) is 0 Å². The van der Waals surface area contributed by atoms with E-state index in [1.54, 1.807) is 25.1 Å². The Kier molecular flexibility index (Phi) is 6.70. The van der Waals surface area contributed by atoms with Gasteiger partial charge in [0, 0.05) is 10.2 Å². The van der Waals surface area contributed by atoms with Gasteiger partial charge >= 0.3 is 0 Å². The summed E-state index contributed by atoms with van der Waals surface area (Å²) in [5.41, 5.74) is 4.15. The van der Waals surface area contributed by atoms with Crippen LogP contribution in [0.25, 0.3) is 0 Å². The molecule has 1 atom stereocenters. The van der Waals surface area contributed by atoms with E-state index in [1.807, 2.05) is 39.0 Å². The normalized spacial score (nSPS) is 12.5. The molecule has 0 aliphatic heterocycles. The fourth-order valence-electron chi connectivity index (χ4n) is 2.87. The molecule has 0 radical (unpaired) electrons. The van der Waals surface area contributed by atoms with Crippen LogP contribution in [0.2, 0.25) is 0 Å². The zero-order chi connectivity index (χ0) is 20.4. The van der Waals surface area contributed by atoms with Gasteiger partial charge in [-0.25, -0.2) is 8.42 Å². The molecule has 2 aromatic rings. The highest BCUT2D eigenvalue weighted by atomic mass is 79.9. The van der Waals surface area contributed by atoms with E-state index in [0.717, 1.165) is 27.4 Å². The van der Waals surface area contributed by atoms with Crippen LogP contribution in [-0.4, -0.2) is 26.6 Å². The van der Waals surface area contributed by atoms with Crippen molar-refractivity contribution in [1.82, 2.24) is 0 Å². The maximum Gasteiger partial charge on any atom is 0.248 e. The van der Waals surface area contributed by atoms with E-state index in [-0.39, 0.29) is 5.91 Å². The third-order valence-electron chi connectivity index (χ3n) is 4.50. The minimum Gasteiger partial charge on any atom is -0.324 e. The van der Waals surface area contributed by atoms with Crippen molar-refractivity contribution in [3.8, 4) is 0 Å². The topological polar surface area (TPSA) is 66.5 Å². The highest BCUT2D eigenvalue weighted by Gasteiger charge is 2.31. The van der Waals surface area contributed by atoms with Crippen LogP contribution in [0.1, 0.15) is 30.0 Å². The highest BCUT2D eigenvalue weighted by molar-refractivity contribution is 9.10. The van der Waals surface area contributed by atoms with E-state index in [2.05, 4.69) is 21.2 Å². The average Bonchev–Trinajstić information content (AvgIpc) is 2.57. The summed E-state index contributed by atoms with van der Waals surface area (Å²) in [5.74, 6) is -0.358. The zero-order valence-electron chi connectivity index (χ0n) is 16.2. The van der Waals surface area contributed by atoms with Crippen LogP contribution in [0.4, 0.5) is 11.4 Å². The van der Waals surface area contributed by atoms with E-state index in [9.17, 15) is 13.2 Å². The number of benzene rings is 2. The van der Waals surface area contributed by atoms with Crippen molar-refractivity contribution in [1.29, 1.82) is 0 Å². The number of rotatable bonds is 6. The average molecular weight is 453 g/mol. The molecule has 1 N–H and O–H groups in total.